The van der Waals surface area contributed by atoms with E-state index in [1.54, 1.807) is 6.20 Å². The number of aromatic amines is 1. The van der Waals surface area contributed by atoms with Crippen LogP contribution in [0.2, 0.25) is 0 Å². The number of aliphatic hydroxyl groups is 1. The first kappa shape index (κ1) is 14.2. The highest BCUT2D eigenvalue weighted by Crippen LogP contribution is 2.26. The average molecular weight is 312 g/mol. The van der Waals surface area contributed by atoms with Gasteiger partial charge in [0.05, 0.1) is 30.9 Å². The quantitative estimate of drug-likeness (QED) is 0.764. The first-order valence-corrected chi connectivity index (χ1v) is 7.99. The third-order valence-electron chi connectivity index (χ3n) is 3.54. The summed E-state index contributed by atoms with van der Waals surface area (Å²) in [7, 11) is -3.66. The van der Waals surface area contributed by atoms with Gasteiger partial charge >= 0.3 is 0 Å². The largest absolute Gasteiger partial charge is 0.387 e. The van der Waals surface area contributed by atoms with Gasteiger partial charge in [0.15, 0.2) is 5.03 Å². The average Bonchev–Trinajstić information content (AvgIpc) is 3.10. The van der Waals surface area contributed by atoms with Gasteiger partial charge in [0.1, 0.15) is 0 Å². The molecule has 1 fully saturated rings. The highest BCUT2D eigenvalue weighted by Gasteiger charge is 2.39. The van der Waals surface area contributed by atoms with Crippen molar-refractivity contribution in [1.29, 1.82) is 0 Å². The van der Waals surface area contributed by atoms with Crippen LogP contribution in [0.5, 0.6) is 0 Å². The number of hydrogen-bond acceptors (Lipinski definition) is 6. The summed E-state index contributed by atoms with van der Waals surface area (Å²) in [6.45, 7) is 0.608. The molecule has 0 aromatic carbocycles. The van der Waals surface area contributed by atoms with E-state index in [2.05, 4.69) is 20.3 Å². The number of β-amino-alcohol motifs (C(OH)–C–C–N with tert-alkyl or cyclic N) is 1. The maximum absolute atomic E-state index is 12.4. The molecule has 0 aliphatic carbocycles. The van der Waals surface area contributed by atoms with Gasteiger partial charge in [-0.25, -0.2) is 18.1 Å². The highest BCUT2D eigenvalue weighted by molar-refractivity contribution is 7.89. The molecule has 0 amide bonds. The van der Waals surface area contributed by atoms with Crippen LogP contribution >= 0.6 is 0 Å². The van der Waals surface area contributed by atoms with Crippen LogP contribution in [0.15, 0.2) is 29.9 Å². The van der Waals surface area contributed by atoms with Gasteiger partial charge in [-0.1, -0.05) is 5.21 Å². The summed E-state index contributed by atoms with van der Waals surface area (Å²) in [5.41, 5.74) is -1.15. The Bertz CT molecular complexity index is 684. The number of H-pyrrole nitrogens is 1. The van der Waals surface area contributed by atoms with Gasteiger partial charge in [0, 0.05) is 19.3 Å². The van der Waals surface area contributed by atoms with Crippen LogP contribution in [0.3, 0.4) is 0 Å². The van der Waals surface area contributed by atoms with Crippen LogP contribution in [0.25, 0.3) is 0 Å². The highest BCUT2D eigenvalue weighted by atomic mass is 32.2. The molecule has 1 saturated heterocycles. The molecule has 3 heterocycles. The number of hydrogen-bond donors (Lipinski definition) is 2. The number of rotatable bonds is 4. The van der Waals surface area contributed by atoms with E-state index in [0.29, 0.717) is 19.4 Å². The maximum atomic E-state index is 12.4. The topological polar surface area (TPSA) is 117 Å². The summed E-state index contributed by atoms with van der Waals surface area (Å²) in [5, 5.41) is 18.2. The zero-order chi connectivity index (χ0) is 14.9. The van der Waals surface area contributed by atoms with Crippen molar-refractivity contribution in [3.05, 3.63) is 24.9 Å². The van der Waals surface area contributed by atoms with Crippen LogP contribution in [-0.4, -0.2) is 61.5 Å². The Balaban J connectivity index is 1.79. The number of sulfonamides is 1. The molecule has 1 aliphatic rings. The van der Waals surface area contributed by atoms with E-state index in [9.17, 15) is 13.5 Å². The monoisotopic (exact) mass is 312 g/mol. The molecule has 10 heteroatoms. The second kappa shape index (κ2) is 5.20. The molecule has 1 unspecified atom stereocenters. The minimum absolute atomic E-state index is 0.0220. The Morgan fingerprint density at radius 2 is 2.33 bits per heavy atom. The normalized spacial score (nSPS) is 24.2. The molecule has 0 saturated carbocycles. The lowest BCUT2D eigenvalue weighted by molar-refractivity contribution is -0.0248. The fourth-order valence-electron chi connectivity index (χ4n) is 2.55. The predicted molar refractivity (Wildman–Crippen MR) is 71.6 cm³/mol. The third-order valence-corrected chi connectivity index (χ3v) is 5.31. The number of imidazole rings is 1. The smallest absolute Gasteiger partial charge is 0.260 e. The first-order chi connectivity index (χ1) is 10.00. The van der Waals surface area contributed by atoms with Crippen molar-refractivity contribution in [2.24, 2.45) is 0 Å². The van der Waals surface area contributed by atoms with Crippen molar-refractivity contribution >= 4 is 10.0 Å². The van der Waals surface area contributed by atoms with E-state index in [1.165, 1.54) is 27.7 Å². The molecule has 0 radical (unpaired) electrons. The minimum atomic E-state index is -3.66. The van der Waals surface area contributed by atoms with Gasteiger partial charge < -0.3 is 10.1 Å². The summed E-state index contributed by atoms with van der Waals surface area (Å²) in [4.78, 5) is 6.33. The number of aromatic nitrogens is 5. The van der Waals surface area contributed by atoms with Gasteiger partial charge in [-0.05, 0) is 12.8 Å². The van der Waals surface area contributed by atoms with Crippen LogP contribution in [-0.2, 0) is 16.6 Å². The van der Waals surface area contributed by atoms with Gasteiger partial charge in [-0.3, -0.25) is 0 Å². The molecule has 21 heavy (non-hydrogen) atoms. The van der Waals surface area contributed by atoms with Crippen molar-refractivity contribution < 1.29 is 13.5 Å². The molecular formula is C11H16N6O3S. The zero-order valence-corrected chi connectivity index (χ0v) is 12.1. The Morgan fingerprint density at radius 3 is 3.00 bits per heavy atom. The number of nitrogens with one attached hydrogen (secondary N) is 1. The molecule has 3 rings (SSSR count). The minimum Gasteiger partial charge on any atom is -0.387 e. The second-order valence-corrected chi connectivity index (χ2v) is 7.09. The summed E-state index contributed by atoms with van der Waals surface area (Å²) in [6.07, 6.45) is 6.84. The predicted octanol–water partition coefficient (Wildman–Crippen LogP) is -0.783. The molecule has 0 bridgehead atoms. The summed E-state index contributed by atoms with van der Waals surface area (Å²) >= 11 is 0. The maximum Gasteiger partial charge on any atom is 0.260 e. The molecule has 2 aromatic rings. The van der Waals surface area contributed by atoms with Gasteiger partial charge in [-0.15, -0.1) is 5.10 Å². The Kier molecular flexibility index (Phi) is 3.51. The van der Waals surface area contributed by atoms with Gasteiger partial charge in [-0.2, -0.15) is 4.31 Å². The third kappa shape index (κ3) is 2.82. The summed E-state index contributed by atoms with van der Waals surface area (Å²) in [6, 6.07) is 0. The van der Waals surface area contributed by atoms with Crippen molar-refractivity contribution in [2.45, 2.75) is 30.0 Å². The van der Waals surface area contributed by atoms with E-state index < -0.39 is 15.6 Å². The fourth-order valence-corrected chi connectivity index (χ4v) is 4.00. The lowest BCUT2D eigenvalue weighted by atomic mass is 9.94. The summed E-state index contributed by atoms with van der Waals surface area (Å²) in [5.74, 6) is 0. The van der Waals surface area contributed by atoms with E-state index in [0.717, 1.165) is 0 Å². The summed E-state index contributed by atoms with van der Waals surface area (Å²) < 4.78 is 27.7. The van der Waals surface area contributed by atoms with E-state index in [4.69, 9.17) is 0 Å². The molecule has 2 aromatic heterocycles. The van der Waals surface area contributed by atoms with Crippen molar-refractivity contribution in [2.75, 3.05) is 13.1 Å². The fraction of sp³-hybridized carbons (Fsp3) is 0.545. The van der Waals surface area contributed by atoms with Crippen LogP contribution < -0.4 is 0 Å². The molecule has 9 nitrogen and oxygen atoms in total. The van der Waals surface area contributed by atoms with Crippen LogP contribution in [0, 0.1) is 0 Å². The standard InChI is InChI=1S/C11H16N6O3S/c18-11(7-16-5-3-14-15-16)2-1-4-17(8-11)21(19,20)10-6-12-9-13-10/h3,5-6,9,18H,1-2,4,7-8H2,(H,12,13). The van der Waals surface area contributed by atoms with Gasteiger partial charge in [0.2, 0.25) is 0 Å². The molecule has 2 N–H and O–H groups in total. The van der Waals surface area contributed by atoms with Crippen molar-refractivity contribution in [3.8, 4) is 0 Å². The Hall–Kier alpha value is -1.78. The first-order valence-electron chi connectivity index (χ1n) is 6.55. The SMILES string of the molecule is O=S(=O)(c1cnc[nH]1)N1CCCC(O)(Cn2ccnn2)C1. The van der Waals surface area contributed by atoms with Crippen molar-refractivity contribution in [1.82, 2.24) is 29.3 Å². The molecular weight excluding hydrogens is 296 g/mol. The number of piperidine rings is 1. The Morgan fingerprint density at radius 1 is 1.48 bits per heavy atom. The molecule has 1 atom stereocenters. The molecule has 114 valence electrons. The van der Waals surface area contributed by atoms with E-state index >= 15 is 0 Å². The zero-order valence-electron chi connectivity index (χ0n) is 11.3. The number of nitrogens with zero attached hydrogens (tertiary/aromatic N) is 5. The molecule has 0 spiro atoms. The van der Waals surface area contributed by atoms with Crippen LogP contribution in [0.4, 0.5) is 0 Å². The van der Waals surface area contributed by atoms with E-state index in [-0.39, 0.29) is 18.1 Å². The lowest BCUT2D eigenvalue weighted by Crippen LogP contribution is -2.52. The second-order valence-electron chi connectivity index (χ2n) is 5.18. The lowest BCUT2D eigenvalue weighted by Gasteiger charge is -2.37. The van der Waals surface area contributed by atoms with Crippen LogP contribution in [0.1, 0.15) is 12.8 Å². The van der Waals surface area contributed by atoms with Gasteiger partial charge in [0.25, 0.3) is 10.0 Å². The van der Waals surface area contributed by atoms with Crippen molar-refractivity contribution in [3.63, 3.8) is 0 Å². The Labute approximate surface area is 121 Å². The molecule has 1 aliphatic heterocycles. The van der Waals surface area contributed by atoms with E-state index in [1.807, 2.05) is 0 Å².